The normalized spacial score (nSPS) is 18.4. The second kappa shape index (κ2) is 5.97. The molecule has 0 aliphatic carbocycles. The number of Topliss-reactive ketones (excluding diaryl/α,β-unsaturated/α-hetero) is 1. The van der Waals surface area contributed by atoms with Crippen LogP contribution in [0.15, 0.2) is 30.3 Å². The Balaban J connectivity index is 2.02. The maximum Gasteiger partial charge on any atom is 0.169 e. The fraction of sp³-hybridized carbons (Fsp3) is 0.533. The van der Waals surface area contributed by atoms with E-state index in [4.69, 9.17) is 0 Å². The van der Waals surface area contributed by atoms with Gasteiger partial charge in [0.2, 0.25) is 0 Å². The van der Waals surface area contributed by atoms with Crippen LogP contribution in [-0.2, 0) is 10.8 Å². The topological polar surface area (TPSA) is 37.4 Å². The molecule has 0 radical (unpaired) electrons. The second-order valence-corrected chi connectivity index (χ2v) is 7.40. The van der Waals surface area contributed by atoms with Crippen molar-refractivity contribution in [2.75, 3.05) is 31.1 Å². The number of rotatable bonds is 4. The van der Waals surface area contributed by atoms with Crippen LogP contribution in [0, 0.1) is 5.41 Å². The van der Waals surface area contributed by atoms with Crippen LogP contribution >= 0.6 is 0 Å². The van der Waals surface area contributed by atoms with Gasteiger partial charge in [-0.15, -0.1) is 0 Å². The molecule has 4 heteroatoms. The highest BCUT2D eigenvalue weighted by atomic mass is 32.2. The van der Waals surface area contributed by atoms with Gasteiger partial charge in [-0.3, -0.25) is 9.00 Å². The van der Waals surface area contributed by atoms with Gasteiger partial charge in [0.05, 0.1) is 0 Å². The summed E-state index contributed by atoms with van der Waals surface area (Å²) in [5, 5.41) is 0. The summed E-state index contributed by atoms with van der Waals surface area (Å²) >= 11 is 0. The highest BCUT2D eigenvalue weighted by molar-refractivity contribution is 7.85. The van der Waals surface area contributed by atoms with Crippen molar-refractivity contribution in [3.05, 3.63) is 35.9 Å². The first-order valence-corrected chi connectivity index (χ1v) is 8.15. The van der Waals surface area contributed by atoms with Crippen molar-refractivity contribution in [3.63, 3.8) is 0 Å². The monoisotopic (exact) mass is 279 g/mol. The van der Waals surface area contributed by atoms with E-state index in [0.717, 1.165) is 36.7 Å². The lowest BCUT2D eigenvalue weighted by Gasteiger charge is -2.33. The maximum absolute atomic E-state index is 12.5. The molecule has 0 atom stereocenters. The standard InChI is InChI=1S/C15H21NO2S/c1-15(2,12-16-8-10-19(18)11-9-16)14(17)13-6-4-3-5-7-13/h3-7H,8-12H2,1-2H3. The Labute approximate surface area is 117 Å². The van der Waals surface area contributed by atoms with E-state index in [1.165, 1.54) is 0 Å². The quantitative estimate of drug-likeness (QED) is 0.791. The fourth-order valence-corrected chi connectivity index (χ4v) is 3.57. The van der Waals surface area contributed by atoms with Gasteiger partial charge in [-0.1, -0.05) is 44.2 Å². The Morgan fingerprint density at radius 2 is 1.79 bits per heavy atom. The van der Waals surface area contributed by atoms with Crippen LogP contribution in [0.2, 0.25) is 0 Å². The summed E-state index contributed by atoms with van der Waals surface area (Å²) in [5.41, 5.74) is 0.369. The average Bonchev–Trinajstić information content (AvgIpc) is 2.41. The third-order valence-electron chi connectivity index (χ3n) is 3.54. The fourth-order valence-electron chi connectivity index (χ4n) is 2.44. The molecule has 0 aromatic heterocycles. The van der Waals surface area contributed by atoms with E-state index in [2.05, 4.69) is 4.90 Å². The number of carbonyl (C=O) groups excluding carboxylic acids is 1. The maximum atomic E-state index is 12.5. The molecule has 0 bridgehead atoms. The lowest BCUT2D eigenvalue weighted by atomic mass is 9.83. The predicted octanol–water partition coefficient (Wildman–Crippen LogP) is 1.96. The van der Waals surface area contributed by atoms with Gasteiger partial charge in [0.25, 0.3) is 0 Å². The Kier molecular flexibility index (Phi) is 4.53. The van der Waals surface area contributed by atoms with Crippen molar-refractivity contribution in [1.82, 2.24) is 4.90 Å². The molecular formula is C15H21NO2S. The Morgan fingerprint density at radius 3 is 2.37 bits per heavy atom. The molecule has 0 unspecified atom stereocenters. The third kappa shape index (κ3) is 3.74. The number of nitrogens with zero attached hydrogens (tertiary/aromatic N) is 1. The van der Waals surface area contributed by atoms with E-state index in [-0.39, 0.29) is 5.78 Å². The van der Waals surface area contributed by atoms with Gasteiger partial charge in [0.15, 0.2) is 5.78 Å². The summed E-state index contributed by atoms with van der Waals surface area (Å²) in [6, 6.07) is 9.45. The van der Waals surface area contributed by atoms with Gasteiger partial charge >= 0.3 is 0 Å². The highest BCUT2D eigenvalue weighted by Gasteiger charge is 2.31. The first-order chi connectivity index (χ1) is 8.99. The lowest BCUT2D eigenvalue weighted by Crippen LogP contribution is -2.45. The van der Waals surface area contributed by atoms with E-state index in [9.17, 15) is 9.00 Å². The van der Waals surface area contributed by atoms with Crippen molar-refractivity contribution < 1.29 is 9.00 Å². The Bertz CT molecular complexity index is 460. The van der Waals surface area contributed by atoms with Crippen LogP contribution in [0.1, 0.15) is 24.2 Å². The summed E-state index contributed by atoms with van der Waals surface area (Å²) in [4.78, 5) is 14.8. The van der Waals surface area contributed by atoms with Crippen molar-refractivity contribution >= 4 is 16.6 Å². The van der Waals surface area contributed by atoms with Crippen LogP contribution in [0.25, 0.3) is 0 Å². The summed E-state index contributed by atoms with van der Waals surface area (Å²) in [7, 11) is -0.663. The number of hydrogen-bond donors (Lipinski definition) is 0. The molecule has 104 valence electrons. The number of carbonyl (C=O) groups is 1. The predicted molar refractivity (Wildman–Crippen MR) is 78.9 cm³/mol. The minimum absolute atomic E-state index is 0.180. The number of benzene rings is 1. The molecule has 1 heterocycles. The second-order valence-electron chi connectivity index (χ2n) is 5.70. The molecule has 2 rings (SSSR count). The largest absolute Gasteiger partial charge is 0.301 e. The zero-order chi connectivity index (χ0) is 13.9. The zero-order valence-corrected chi connectivity index (χ0v) is 12.4. The molecule has 1 aromatic rings. The Morgan fingerprint density at radius 1 is 1.21 bits per heavy atom. The van der Waals surface area contributed by atoms with E-state index >= 15 is 0 Å². The Hall–Kier alpha value is -1.00. The minimum atomic E-state index is -0.663. The molecule has 1 aromatic carbocycles. The molecular weight excluding hydrogens is 258 g/mol. The molecule has 0 spiro atoms. The first kappa shape index (κ1) is 14.4. The van der Waals surface area contributed by atoms with Gasteiger partial charge in [-0.2, -0.15) is 0 Å². The first-order valence-electron chi connectivity index (χ1n) is 6.66. The van der Waals surface area contributed by atoms with Crippen molar-refractivity contribution in [2.45, 2.75) is 13.8 Å². The van der Waals surface area contributed by atoms with Crippen molar-refractivity contribution in [2.24, 2.45) is 5.41 Å². The lowest BCUT2D eigenvalue weighted by molar-refractivity contribution is 0.0772. The van der Waals surface area contributed by atoms with Crippen LogP contribution in [0.3, 0.4) is 0 Å². The highest BCUT2D eigenvalue weighted by Crippen LogP contribution is 2.24. The van der Waals surface area contributed by atoms with E-state index in [1.807, 2.05) is 44.2 Å². The van der Waals surface area contributed by atoms with Crippen molar-refractivity contribution in [1.29, 1.82) is 0 Å². The third-order valence-corrected chi connectivity index (χ3v) is 4.82. The van der Waals surface area contributed by atoms with E-state index in [1.54, 1.807) is 0 Å². The summed E-state index contributed by atoms with van der Waals surface area (Å²) in [5.74, 6) is 1.64. The molecule has 1 aliphatic rings. The van der Waals surface area contributed by atoms with Gasteiger partial charge in [-0.05, 0) is 0 Å². The van der Waals surface area contributed by atoms with E-state index < -0.39 is 16.2 Å². The molecule has 3 nitrogen and oxygen atoms in total. The molecule has 0 amide bonds. The van der Waals surface area contributed by atoms with Gasteiger partial charge in [-0.25, -0.2) is 0 Å². The minimum Gasteiger partial charge on any atom is -0.301 e. The summed E-state index contributed by atoms with van der Waals surface area (Å²) in [6.07, 6.45) is 0. The summed E-state index contributed by atoms with van der Waals surface area (Å²) < 4.78 is 11.3. The SMILES string of the molecule is CC(C)(CN1CCS(=O)CC1)C(=O)c1ccccc1. The smallest absolute Gasteiger partial charge is 0.169 e. The van der Waals surface area contributed by atoms with Crippen LogP contribution < -0.4 is 0 Å². The van der Waals surface area contributed by atoms with Gasteiger partial charge in [0.1, 0.15) is 0 Å². The van der Waals surface area contributed by atoms with Crippen LogP contribution in [0.5, 0.6) is 0 Å². The van der Waals surface area contributed by atoms with Gasteiger partial charge < -0.3 is 4.90 Å². The summed E-state index contributed by atoms with van der Waals surface area (Å²) in [6.45, 7) is 6.38. The molecule has 1 aliphatic heterocycles. The average molecular weight is 279 g/mol. The molecule has 1 fully saturated rings. The van der Waals surface area contributed by atoms with Crippen LogP contribution in [0.4, 0.5) is 0 Å². The molecule has 1 saturated heterocycles. The van der Waals surface area contributed by atoms with Crippen LogP contribution in [-0.4, -0.2) is 46.0 Å². The molecule has 19 heavy (non-hydrogen) atoms. The van der Waals surface area contributed by atoms with Gasteiger partial charge in [0, 0.05) is 52.9 Å². The van der Waals surface area contributed by atoms with E-state index in [0.29, 0.717) is 0 Å². The molecule has 0 N–H and O–H groups in total. The van der Waals surface area contributed by atoms with Crippen molar-refractivity contribution in [3.8, 4) is 0 Å². The number of hydrogen-bond acceptors (Lipinski definition) is 3. The zero-order valence-electron chi connectivity index (χ0n) is 11.6. The molecule has 0 saturated carbocycles. The number of ketones is 1.